The smallest absolute Gasteiger partial charge is 0.0938 e. The van der Waals surface area contributed by atoms with Crippen molar-refractivity contribution in [3.8, 4) is 0 Å². The maximum absolute atomic E-state index is 9.43. The van der Waals surface area contributed by atoms with Gasteiger partial charge in [0.25, 0.3) is 0 Å². The van der Waals surface area contributed by atoms with E-state index in [2.05, 4.69) is 25.7 Å². The molecule has 0 radical (unpaired) electrons. The molecule has 1 aliphatic rings. The van der Waals surface area contributed by atoms with Crippen molar-refractivity contribution in [3.05, 3.63) is 0 Å². The first-order chi connectivity index (χ1) is 7.04. The van der Waals surface area contributed by atoms with E-state index in [0.29, 0.717) is 19.0 Å². The number of nitrogens with zero attached hydrogens (tertiary/aromatic N) is 1. The van der Waals surface area contributed by atoms with Gasteiger partial charge in [0, 0.05) is 19.6 Å². The summed E-state index contributed by atoms with van der Waals surface area (Å²) >= 11 is 0. The summed E-state index contributed by atoms with van der Waals surface area (Å²) in [5, 5.41) is 18.9. The highest BCUT2D eigenvalue weighted by Crippen LogP contribution is 2.20. The molecule has 0 amide bonds. The standard InChI is InChI=1S/C12H25NO2/c1-4-5-9(2)10(3)6-13-7-11(14)12(15)8-13/h9-12,14-15H,4-8H2,1-3H3/t9?,10-,11+,12+/m1/s1. The van der Waals surface area contributed by atoms with E-state index in [4.69, 9.17) is 0 Å². The molecule has 3 nitrogen and oxygen atoms in total. The molecule has 1 rings (SSSR count). The number of aliphatic hydroxyl groups is 2. The minimum absolute atomic E-state index is 0.543. The molecule has 0 aromatic carbocycles. The van der Waals surface area contributed by atoms with Crippen LogP contribution in [0.4, 0.5) is 0 Å². The summed E-state index contributed by atoms with van der Waals surface area (Å²) in [6, 6.07) is 0. The van der Waals surface area contributed by atoms with Crippen LogP contribution >= 0.6 is 0 Å². The van der Waals surface area contributed by atoms with Crippen molar-refractivity contribution < 1.29 is 10.2 Å². The Balaban J connectivity index is 2.29. The monoisotopic (exact) mass is 215 g/mol. The van der Waals surface area contributed by atoms with Gasteiger partial charge in [0.05, 0.1) is 12.2 Å². The van der Waals surface area contributed by atoms with Crippen LogP contribution in [0.2, 0.25) is 0 Å². The van der Waals surface area contributed by atoms with Crippen molar-refractivity contribution in [1.29, 1.82) is 0 Å². The Morgan fingerprint density at radius 1 is 1.13 bits per heavy atom. The lowest BCUT2D eigenvalue weighted by atomic mass is 9.91. The highest BCUT2D eigenvalue weighted by atomic mass is 16.3. The maximum Gasteiger partial charge on any atom is 0.0938 e. The minimum atomic E-state index is -0.543. The third kappa shape index (κ3) is 3.74. The number of aliphatic hydroxyl groups excluding tert-OH is 2. The molecule has 0 saturated carbocycles. The van der Waals surface area contributed by atoms with Gasteiger partial charge in [-0.15, -0.1) is 0 Å². The molecule has 0 aromatic rings. The molecule has 4 atom stereocenters. The number of β-amino-alcohol motifs (C(OH)–C–C–N with tert-alkyl or cyclic N) is 2. The van der Waals surface area contributed by atoms with Crippen LogP contribution < -0.4 is 0 Å². The molecule has 1 aliphatic heterocycles. The number of likely N-dealkylation sites (tertiary alicyclic amines) is 1. The normalized spacial score (nSPS) is 31.8. The molecule has 0 spiro atoms. The summed E-state index contributed by atoms with van der Waals surface area (Å²) in [5.74, 6) is 1.37. The van der Waals surface area contributed by atoms with Crippen molar-refractivity contribution in [2.75, 3.05) is 19.6 Å². The van der Waals surface area contributed by atoms with Gasteiger partial charge in [0.1, 0.15) is 0 Å². The summed E-state index contributed by atoms with van der Waals surface area (Å²) in [6.45, 7) is 9.02. The second-order valence-electron chi connectivity index (χ2n) is 5.10. The van der Waals surface area contributed by atoms with Gasteiger partial charge in [-0.3, -0.25) is 4.90 Å². The fourth-order valence-corrected chi connectivity index (χ4v) is 2.32. The van der Waals surface area contributed by atoms with Crippen LogP contribution in [0.5, 0.6) is 0 Å². The van der Waals surface area contributed by atoms with Crippen molar-refractivity contribution >= 4 is 0 Å². The van der Waals surface area contributed by atoms with Crippen LogP contribution in [0.25, 0.3) is 0 Å². The summed E-state index contributed by atoms with van der Waals surface area (Å²) in [6.07, 6.45) is 1.41. The molecule has 2 N–H and O–H groups in total. The van der Waals surface area contributed by atoms with Gasteiger partial charge >= 0.3 is 0 Å². The molecule has 0 bridgehead atoms. The fourth-order valence-electron chi connectivity index (χ4n) is 2.32. The van der Waals surface area contributed by atoms with E-state index in [1.165, 1.54) is 12.8 Å². The third-order valence-corrected chi connectivity index (χ3v) is 3.60. The second kappa shape index (κ2) is 5.83. The van der Waals surface area contributed by atoms with Crippen LogP contribution in [-0.4, -0.2) is 47.0 Å². The lowest BCUT2D eigenvalue weighted by Crippen LogP contribution is -2.30. The third-order valence-electron chi connectivity index (χ3n) is 3.60. The molecule has 1 unspecified atom stereocenters. The average Bonchev–Trinajstić information content (AvgIpc) is 2.46. The Morgan fingerprint density at radius 3 is 2.13 bits per heavy atom. The number of rotatable bonds is 5. The van der Waals surface area contributed by atoms with Crippen molar-refractivity contribution in [3.63, 3.8) is 0 Å². The van der Waals surface area contributed by atoms with Crippen LogP contribution in [0, 0.1) is 11.8 Å². The molecule has 1 heterocycles. The van der Waals surface area contributed by atoms with Crippen LogP contribution in [0.15, 0.2) is 0 Å². The highest BCUT2D eigenvalue weighted by Gasteiger charge is 2.30. The minimum Gasteiger partial charge on any atom is -0.389 e. The van der Waals surface area contributed by atoms with E-state index in [1.807, 2.05) is 0 Å². The van der Waals surface area contributed by atoms with E-state index in [1.54, 1.807) is 0 Å². The van der Waals surface area contributed by atoms with E-state index in [9.17, 15) is 10.2 Å². The Bertz CT molecular complexity index is 176. The number of hydrogen-bond acceptors (Lipinski definition) is 3. The first-order valence-corrected chi connectivity index (χ1v) is 6.13. The maximum atomic E-state index is 9.43. The van der Waals surface area contributed by atoms with E-state index in [0.717, 1.165) is 12.5 Å². The Kier molecular flexibility index (Phi) is 5.03. The van der Waals surface area contributed by atoms with Gasteiger partial charge in [-0.1, -0.05) is 33.6 Å². The van der Waals surface area contributed by atoms with Gasteiger partial charge in [-0.05, 0) is 11.8 Å². The average molecular weight is 215 g/mol. The lowest BCUT2D eigenvalue weighted by molar-refractivity contribution is 0.0572. The largest absolute Gasteiger partial charge is 0.389 e. The van der Waals surface area contributed by atoms with Crippen molar-refractivity contribution in [2.45, 2.75) is 45.8 Å². The Morgan fingerprint density at radius 2 is 1.67 bits per heavy atom. The van der Waals surface area contributed by atoms with E-state index < -0.39 is 12.2 Å². The first kappa shape index (κ1) is 12.9. The first-order valence-electron chi connectivity index (χ1n) is 6.13. The molecular formula is C12H25NO2. The lowest BCUT2D eigenvalue weighted by Gasteiger charge is -2.25. The molecule has 15 heavy (non-hydrogen) atoms. The predicted molar refractivity (Wildman–Crippen MR) is 61.7 cm³/mol. The van der Waals surface area contributed by atoms with E-state index in [-0.39, 0.29) is 0 Å². The van der Waals surface area contributed by atoms with Crippen molar-refractivity contribution in [2.24, 2.45) is 11.8 Å². The molecule has 1 saturated heterocycles. The van der Waals surface area contributed by atoms with Crippen LogP contribution in [0.3, 0.4) is 0 Å². The second-order valence-corrected chi connectivity index (χ2v) is 5.10. The number of hydrogen-bond donors (Lipinski definition) is 2. The Labute approximate surface area is 93.1 Å². The highest BCUT2D eigenvalue weighted by molar-refractivity contribution is 4.84. The summed E-state index contributed by atoms with van der Waals surface area (Å²) in [4.78, 5) is 2.17. The summed E-state index contributed by atoms with van der Waals surface area (Å²) in [5.41, 5.74) is 0. The van der Waals surface area contributed by atoms with Gasteiger partial charge in [0.2, 0.25) is 0 Å². The predicted octanol–water partition coefficient (Wildman–Crippen LogP) is 1.10. The topological polar surface area (TPSA) is 43.7 Å². The van der Waals surface area contributed by atoms with Gasteiger partial charge in [-0.2, -0.15) is 0 Å². The van der Waals surface area contributed by atoms with Crippen LogP contribution in [0.1, 0.15) is 33.6 Å². The Hall–Kier alpha value is -0.120. The summed E-state index contributed by atoms with van der Waals surface area (Å²) in [7, 11) is 0. The van der Waals surface area contributed by atoms with Gasteiger partial charge < -0.3 is 10.2 Å². The van der Waals surface area contributed by atoms with Gasteiger partial charge in [0.15, 0.2) is 0 Å². The molecule has 90 valence electrons. The van der Waals surface area contributed by atoms with Gasteiger partial charge in [-0.25, -0.2) is 0 Å². The van der Waals surface area contributed by atoms with E-state index >= 15 is 0 Å². The fraction of sp³-hybridized carbons (Fsp3) is 1.00. The molecule has 0 aromatic heterocycles. The SMILES string of the molecule is CCCC(C)[C@H](C)CN1C[C@H](O)[C@@H](O)C1. The summed E-state index contributed by atoms with van der Waals surface area (Å²) < 4.78 is 0. The molecule has 3 heteroatoms. The zero-order chi connectivity index (χ0) is 11.4. The molecule has 1 fully saturated rings. The zero-order valence-corrected chi connectivity index (χ0v) is 10.2. The van der Waals surface area contributed by atoms with Crippen molar-refractivity contribution in [1.82, 2.24) is 4.90 Å². The molecule has 0 aliphatic carbocycles. The molecular weight excluding hydrogens is 190 g/mol. The zero-order valence-electron chi connectivity index (χ0n) is 10.2. The quantitative estimate of drug-likeness (QED) is 0.721. The van der Waals surface area contributed by atoms with Crippen LogP contribution in [-0.2, 0) is 0 Å².